The summed E-state index contributed by atoms with van der Waals surface area (Å²) in [5, 5.41) is 2.62. The zero-order chi connectivity index (χ0) is 16.1. The Morgan fingerprint density at radius 2 is 2.23 bits per heavy atom. The first-order chi connectivity index (χ1) is 10.5. The third-order valence-electron chi connectivity index (χ3n) is 2.75. The predicted molar refractivity (Wildman–Crippen MR) is 75.2 cm³/mol. The smallest absolute Gasteiger partial charge is 0.256 e. The van der Waals surface area contributed by atoms with Crippen LogP contribution in [0.4, 0.5) is 14.6 Å². The molecule has 0 saturated heterocycles. The van der Waals surface area contributed by atoms with E-state index in [1.54, 1.807) is 6.92 Å². The minimum absolute atomic E-state index is 0.00187. The second kappa shape index (κ2) is 6.79. The van der Waals surface area contributed by atoms with Crippen molar-refractivity contribution in [3.05, 3.63) is 47.9 Å². The average molecular weight is 308 g/mol. The zero-order valence-corrected chi connectivity index (χ0v) is 11.7. The Balaban J connectivity index is 1.92. The molecule has 0 aliphatic rings. The van der Waals surface area contributed by atoms with Gasteiger partial charge in [-0.1, -0.05) is 0 Å². The van der Waals surface area contributed by atoms with Crippen molar-refractivity contribution >= 4 is 11.7 Å². The van der Waals surface area contributed by atoms with Crippen molar-refractivity contribution in [2.45, 2.75) is 13.0 Å². The van der Waals surface area contributed by atoms with Gasteiger partial charge in [0.1, 0.15) is 24.6 Å². The van der Waals surface area contributed by atoms with E-state index in [0.717, 1.165) is 12.1 Å². The summed E-state index contributed by atoms with van der Waals surface area (Å²) in [6.45, 7) is 1.67. The summed E-state index contributed by atoms with van der Waals surface area (Å²) in [5.74, 6) is -1.99. The zero-order valence-electron chi connectivity index (χ0n) is 11.7. The topological polar surface area (TPSA) is 90.1 Å². The molecule has 0 saturated carbocycles. The van der Waals surface area contributed by atoms with E-state index in [1.807, 2.05) is 0 Å². The van der Waals surface area contributed by atoms with E-state index in [2.05, 4.69) is 15.3 Å². The lowest BCUT2D eigenvalue weighted by Gasteiger charge is -2.15. The Kier molecular flexibility index (Phi) is 4.82. The Bertz CT molecular complexity index is 682. The molecule has 1 heterocycles. The van der Waals surface area contributed by atoms with Gasteiger partial charge in [-0.2, -0.15) is 0 Å². The minimum Gasteiger partial charge on any atom is -0.488 e. The molecule has 22 heavy (non-hydrogen) atoms. The number of nitrogens with one attached hydrogen (secondary N) is 1. The fraction of sp³-hybridized carbons (Fsp3) is 0.214. The number of rotatable bonds is 5. The van der Waals surface area contributed by atoms with Crippen LogP contribution in [0, 0.1) is 11.6 Å². The van der Waals surface area contributed by atoms with Crippen molar-refractivity contribution in [1.82, 2.24) is 15.3 Å². The number of nitrogens with two attached hydrogens (primary N) is 1. The highest BCUT2D eigenvalue weighted by atomic mass is 19.1. The summed E-state index contributed by atoms with van der Waals surface area (Å²) in [5.41, 5.74) is 5.71. The summed E-state index contributed by atoms with van der Waals surface area (Å²) in [7, 11) is 0. The van der Waals surface area contributed by atoms with Gasteiger partial charge in [0.25, 0.3) is 5.91 Å². The Morgan fingerprint density at radius 3 is 2.91 bits per heavy atom. The lowest BCUT2D eigenvalue weighted by molar-refractivity contribution is 0.0926. The molecule has 8 heteroatoms. The van der Waals surface area contributed by atoms with E-state index >= 15 is 0 Å². The number of halogens is 2. The number of benzene rings is 1. The van der Waals surface area contributed by atoms with Crippen molar-refractivity contribution in [2.75, 3.05) is 12.3 Å². The maximum atomic E-state index is 13.4. The van der Waals surface area contributed by atoms with E-state index in [1.165, 1.54) is 18.6 Å². The first kappa shape index (κ1) is 15.6. The molecule has 2 rings (SSSR count). The van der Waals surface area contributed by atoms with Crippen LogP contribution in [-0.4, -0.2) is 28.5 Å². The van der Waals surface area contributed by atoms with Crippen molar-refractivity contribution in [2.24, 2.45) is 0 Å². The Morgan fingerprint density at radius 1 is 1.45 bits per heavy atom. The van der Waals surface area contributed by atoms with Crippen LogP contribution >= 0.6 is 0 Å². The van der Waals surface area contributed by atoms with Crippen LogP contribution in [0.5, 0.6) is 5.75 Å². The van der Waals surface area contributed by atoms with Crippen molar-refractivity contribution in [3.8, 4) is 5.75 Å². The highest BCUT2D eigenvalue weighted by Crippen LogP contribution is 2.17. The van der Waals surface area contributed by atoms with E-state index in [4.69, 9.17) is 10.5 Å². The maximum Gasteiger partial charge on any atom is 0.256 e. The standard InChI is InChI=1S/C14H14F2N4O2/c1-8(6-22-12-3-2-9(15)4-11(12)16)20-14(21)10-5-18-7-19-13(10)17/h2-5,7-8H,6H2,1H3,(H,20,21)(H2,17,18,19). The summed E-state index contributed by atoms with van der Waals surface area (Å²) in [4.78, 5) is 19.4. The van der Waals surface area contributed by atoms with E-state index < -0.39 is 23.6 Å². The van der Waals surface area contributed by atoms with Gasteiger partial charge in [-0.05, 0) is 19.1 Å². The molecule has 0 radical (unpaired) electrons. The highest BCUT2D eigenvalue weighted by molar-refractivity contribution is 5.98. The molecule has 3 N–H and O–H groups in total. The number of hydrogen-bond acceptors (Lipinski definition) is 5. The predicted octanol–water partition coefficient (Wildman–Crippen LogP) is 1.53. The van der Waals surface area contributed by atoms with Gasteiger partial charge >= 0.3 is 0 Å². The van der Waals surface area contributed by atoms with E-state index in [9.17, 15) is 13.6 Å². The van der Waals surface area contributed by atoms with Gasteiger partial charge in [0.15, 0.2) is 11.6 Å². The molecule has 0 aliphatic carbocycles. The van der Waals surface area contributed by atoms with Crippen molar-refractivity contribution < 1.29 is 18.3 Å². The number of ether oxygens (including phenoxy) is 1. The average Bonchev–Trinajstić information content (AvgIpc) is 2.46. The second-order valence-corrected chi connectivity index (χ2v) is 4.58. The number of nitrogen functional groups attached to an aromatic ring is 1. The largest absolute Gasteiger partial charge is 0.488 e. The van der Waals surface area contributed by atoms with Crippen LogP contribution in [-0.2, 0) is 0 Å². The molecule has 1 atom stereocenters. The number of carbonyl (C=O) groups excluding carboxylic acids is 1. The van der Waals surface area contributed by atoms with Gasteiger partial charge in [0, 0.05) is 12.3 Å². The summed E-state index contributed by atoms with van der Waals surface area (Å²) in [6, 6.07) is 2.56. The third kappa shape index (κ3) is 3.87. The van der Waals surface area contributed by atoms with Crippen LogP contribution in [0.1, 0.15) is 17.3 Å². The van der Waals surface area contributed by atoms with Gasteiger partial charge in [0.05, 0.1) is 11.6 Å². The molecule has 2 aromatic rings. The lowest BCUT2D eigenvalue weighted by Crippen LogP contribution is -2.37. The van der Waals surface area contributed by atoms with Crippen LogP contribution in [0.3, 0.4) is 0 Å². The van der Waals surface area contributed by atoms with Gasteiger partial charge < -0.3 is 15.8 Å². The number of nitrogens with zero attached hydrogens (tertiary/aromatic N) is 2. The van der Waals surface area contributed by atoms with Gasteiger partial charge in [-0.3, -0.25) is 4.79 Å². The maximum absolute atomic E-state index is 13.4. The van der Waals surface area contributed by atoms with Crippen LogP contribution in [0.15, 0.2) is 30.7 Å². The van der Waals surface area contributed by atoms with Crippen molar-refractivity contribution in [1.29, 1.82) is 0 Å². The van der Waals surface area contributed by atoms with E-state index in [-0.39, 0.29) is 23.7 Å². The van der Waals surface area contributed by atoms with Gasteiger partial charge in [-0.25, -0.2) is 18.7 Å². The fourth-order valence-corrected chi connectivity index (χ4v) is 1.66. The number of amides is 1. The lowest BCUT2D eigenvalue weighted by atomic mass is 10.2. The Hall–Kier alpha value is -2.77. The minimum atomic E-state index is -0.806. The molecule has 1 aromatic heterocycles. The molecule has 0 fully saturated rings. The number of carbonyl (C=O) groups is 1. The summed E-state index contributed by atoms with van der Waals surface area (Å²) >= 11 is 0. The van der Waals surface area contributed by atoms with Gasteiger partial charge in [0.2, 0.25) is 0 Å². The molecular weight excluding hydrogens is 294 g/mol. The molecule has 1 aromatic carbocycles. The third-order valence-corrected chi connectivity index (χ3v) is 2.75. The van der Waals surface area contributed by atoms with E-state index in [0.29, 0.717) is 0 Å². The van der Waals surface area contributed by atoms with Crippen LogP contribution < -0.4 is 15.8 Å². The molecular formula is C14H14F2N4O2. The molecule has 6 nitrogen and oxygen atoms in total. The molecule has 0 aliphatic heterocycles. The molecule has 1 amide bonds. The number of anilines is 1. The molecule has 1 unspecified atom stereocenters. The van der Waals surface area contributed by atoms with Gasteiger partial charge in [-0.15, -0.1) is 0 Å². The molecule has 0 spiro atoms. The fourth-order valence-electron chi connectivity index (χ4n) is 1.66. The highest BCUT2D eigenvalue weighted by Gasteiger charge is 2.14. The summed E-state index contributed by atoms with van der Waals surface area (Å²) < 4.78 is 31.4. The van der Waals surface area contributed by atoms with Crippen LogP contribution in [0.25, 0.3) is 0 Å². The monoisotopic (exact) mass is 308 g/mol. The Labute approximate surface area is 125 Å². The number of aromatic nitrogens is 2. The molecule has 0 bridgehead atoms. The van der Waals surface area contributed by atoms with Crippen LogP contribution in [0.2, 0.25) is 0 Å². The summed E-state index contributed by atoms with van der Waals surface area (Å²) in [6.07, 6.45) is 2.53. The quantitative estimate of drug-likeness (QED) is 0.874. The second-order valence-electron chi connectivity index (χ2n) is 4.58. The SMILES string of the molecule is CC(COc1ccc(F)cc1F)NC(=O)c1cncnc1N. The first-order valence-electron chi connectivity index (χ1n) is 6.41. The normalized spacial score (nSPS) is 11.8. The first-order valence-corrected chi connectivity index (χ1v) is 6.41. The molecule has 116 valence electrons. The number of hydrogen-bond donors (Lipinski definition) is 2. The van der Waals surface area contributed by atoms with Crippen molar-refractivity contribution in [3.63, 3.8) is 0 Å².